The van der Waals surface area contributed by atoms with Crippen molar-refractivity contribution in [1.82, 2.24) is 15.2 Å². The molecule has 0 spiro atoms. The minimum Gasteiger partial charge on any atom is -0.357 e. The molecule has 0 atom stereocenters. The SMILES string of the molecule is CC(C)N1CCC(NC2CCN(c3ccccn3)CC2)CC1. The van der Waals surface area contributed by atoms with Crippen LogP contribution >= 0.6 is 0 Å². The summed E-state index contributed by atoms with van der Waals surface area (Å²) in [7, 11) is 0. The first-order valence-corrected chi connectivity index (χ1v) is 8.88. The van der Waals surface area contributed by atoms with Crippen molar-refractivity contribution in [1.29, 1.82) is 0 Å². The van der Waals surface area contributed by atoms with Gasteiger partial charge in [0.1, 0.15) is 5.82 Å². The van der Waals surface area contributed by atoms with Gasteiger partial charge < -0.3 is 15.1 Å². The molecule has 0 radical (unpaired) electrons. The molecule has 0 unspecified atom stereocenters. The number of likely N-dealkylation sites (tertiary alicyclic amines) is 1. The number of nitrogens with one attached hydrogen (secondary N) is 1. The maximum absolute atomic E-state index is 4.47. The third-order valence-electron chi connectivity index (χ3n) is 5.20. The van der Waals surface area contributed by atoms with E-state index in [-0.39, 0.29) is 0 Å². The number of pyridine rings is 1. The summed E-state index contributed by atoms with van der Waals surface area (Å²) in [5, 5.41) is 3.92. The van der Waals surface area contributed by atoms with Crippen LogP contribution in [0, 0.1) is 0 Å². The predicted octanol–water partition coefficient (Wildman–Crippen LogP) is 2.51. The standard InChI is InChI=1S/C18H30N4/c1-15(2)21-11-6-16(7-12-21)20-17-8-13-22(14-9-17)18-5-3-4-10-19-18/h3-5,10,15-17,20H,6-9,11-14H2,1-2H3. The summed E-state index contributed by atoms with van der Waals surface area (Å²) in [5.41, 5.74) is 0. The summed E-state index contributed by atoms with van der Waals surface area (Å²) in [5.74, 6) is 1.13. The summed E-state index contributed by atoms with van der Waals surface area (Å²) in [6.07, 6.45) is 6.97. The molecule has 122 valence electrons. The summed E-state index contributed by atoms with van der Waals surface area (Å²) in [4.78, 5) is 9.48. The van der Waals surface area contributed by atoms with Crippen LogP contribution in [0.2, 0.25) is 0 Å². The zero-order valence-corrected chi connectivity index (χ0v) is 14.0. The van der Waals surface area contributed by atoms with Gasteiger partial charge in [-0.1, -0.05) is 6.07 Å². The van der Waals surface area contributed by atoms with Crippen LogP contribution in [0.5, 0.6) is 0 Å². The Morgan fingerprint density at radius 2 is 1.64 bits per heavy atom. The second-order valence-electron chi connectivity index (χ2n) is 7.02. The lowest BCUT2D eigenvalue weighted by molar-refractivity contribution is 0.154. The molecule has 1 aromatic heterocycles. The molecular formula is C18H30N4. The van der Waals surface area contributed by atoms with Crippen LogP contribution in [0.25, 0.3) is 0 Å². The number of rotatable bonds is 4. The summed E-state index contributed by atoms with van der Waals surface area (Å²) < 4.78 is 0. The second-order valence-corrected chi connectivity index (χ2v) is 7.02. The van der Waals surface area contributed by atoms with Gasteiger partial charge in [-0.15, -0.1) is 0 Å². The van der Waals surface area contributed by atoms with E-state index in [1.807, 2.05) is 12.3 Å². The summed E-state index contributed by atoms with van der Waals surface area (Å²) in [6, 6.07) is 8.30. The molecular weight excluding hydrogens is 272 g/mol. The number of nitrogens with zero attached hydrogens (tertiary/aromatic N) is 3. The topological polar surface area (TPSA) is 31.4 Å². The molecule has 4 nitrogen and oxygen atoms in total. The highest BCUT2D eigenvalue weighted by Crippen LogP contribution is 2.19. The maximum Gasteiger partial charge on any atom is 0.128 e. The average Bonchev–Trinajstić information content (AvgIpc) is 2.57. The minimum absolute atomic E-state index is 0.690. The molecule has 0 bridgehead atoms. The Labute approximate surface area is 134 Å². The first-order valence-electron chi connectivity index (χ1n) is 8.88. The molecule has 2 fully saturated rings. The van der Waals surface area contributed by atoms with Crippen LogP contribution in [-0.4, -0.2) is 54.2 Å². The van der Waals surface area contributed by atoms with E-state index < -0.39 is 0 Å². The number of anilines is 1. The van der Waals surface area contributed by atoms with Gasteiger partial charge in [-0.25, -0.2) is 4.98 Å². The van der Waals surface area contributed by atoms with Gasteiger partial charge in [0, 0.05) is 37.4 Å². The van der Waals surface area contributed by atoms with E-state index in [1.165, 1.54) is 38.8 Å². The lowest BCUT2D eigenvalue weighted by Gasteiger charge is -2.39. The van der Waals surface area contributed by atoms with Crippen molar-refractivity contribution in [3.8, 4) is 0 Å². The van der Waals surface area contributed by atoms with Crippen LogP contribution < -0.4 is 10.2 Å². The van der Waals surface area contributed by atoms with Crippen LogP contribution in [0.4, 0.5) is 5.82 Å². The fourth-order valence-electron chi connectivity index (χ4n) is 3.73. The van der Waals surface area contributed by atoms with Gasteiger partial charge in [-0.3, -0.25) is 0 Å². The predicted molar refractivity (Wildman–Crippen MR) is 92.3 cm³/mol. The van der Waals surface area contributed by atoms with Crippen LogP contribution in [0.15, 0.2) is 24.4 Å². The molecule has 1 aromatic rings. The number of aromatic nitrogens is 1. The van der Waals surface area contributed by atoms with Gasteiger partial charge in [0.15, 0.2) is 0 Å². The molecule has 2 aliphatic rings. The number of hydrogen-bond donors (Lipinski definition) is 1. The molecule has 0 aromatic carbocycles. The fourth-order valence-corrected chi connectivity index (χ4v) is 3.73. The molecule has 0 saturated carbocycles. The normalized spacial score (nSPS) is 22.4. The van der Waals surface area contributed by atoms with Gasteiger partial charge in [0.25, 0.3) is 0 Å². The second kappa shape index (κ2) is 7.42. The van der Waals surface area contributed by atoms with Crippen LogP contribution in [-0.2, 0) is 0 Å². The molecule has 0 amide bonds. The largest absolute Gasteiger partial charge is 0.357 e. The third kappa shape index (κ3) is 3.99. The van der Waals surface area contributed by atoms with Crippen molar-refractivity contribution < 1.29 is 0 Å². The zero-order valence-electron chi connectivity index (χ0n) is 14.0. The Balaban J connectivity index is 1.41. The maximum atomic E-state index is 4.47. The highest BCUT2D eigenvalue weighted by Gasteiger charge is 2.25. The smallest absolute Gasteiger partial charge is 0.128 e. The van der Waals surface area contributed by atoms with E-state index in [9.17, 15) is 0 Å². The lowest BCUT2D eigenvalue weighted by Crippen LogP contribution is -2.50. The molecule has 3 heterocycles. The first-order chi connectivity index (χ1) is 10.7. The van der Waals surface area contributed by atoms with E-state index in [4.69, 9.17) is 0 Å². The monoisotopic (exact) mass is 302 g/mol. The van der Waals surface area contributed by atoms with Gasteiger partial charge in [0.05, 0.1) is 0 Å². The zero-order chi connectivity index (χ0) is 15.4. The van der Waals surface area contributed by atoms with Crippen LogP contribution in [0.3, 0.4) is 0 Å². The van der Waals surface area contributed by atoms with E-state index in [0.717, 1.165) is 24.9 Å². The molecule has 3 rings (SSSR count). The molecule has 1 N–H and O–H groups in total. The third-order valence-corrected chi connectivity index (χ3v) is 5.20. The molecule has 4 heteroatoms. The van der Waals surface area contributed by atoms with E-state index in [0.29, 0.717) is 12.1 Å². The van der Waals surface area contributed by atoms with Crippen molar-refractivity contribution in [2.45, 2.75) is 57.7 Å². The molecule has 2 saturated heterocycles. The fraction of sp³-hybridized carbons (Fsp3) is 0.722. The van der Waals surface area contributed by atoms with Crippen molar-refractivity contribution in [3.05, 3.63) is 24.4 Å². The molecule has 22 heavy (non-hydrogen) atoms. The first kappa shape index (κ1) is 15.8. The molecule has 0 aliphatic carbocycles. The van der Waals surface area contributed by atoms with Crippen LogP contribution in [0.1, 0.15) is 39.5 Å². The quantitative estimate of drug-likeness (QED) is 0.926. The minimum atomic E-state index is 0.690. The Morgan fingerprint density at radius 1 is 1.00 bits per heavy atom. The molecule has 2 aliphatic heterocycles. The van der Waals surface area contributed by atoms with Gasteiger partial charge in [0.2, 0.25) is 0 Å². The van der Waals surface area contributed by atoms with E-state index in [1.54, 1.807) is 0 Å². The van der Waals surface area contributed by atoms with Gasteiger partial charge >= 0.3 is 0 Å². The van der Waals surface area contributed by atoms with Gasteiger partial charge in [-0.05, 0) is 64.8 Å². The Hall–Kier alpha value is -1.13. The highest BCUT2D eigenvalue weighted by atomic mass is 15.2. The Kier molecular flexibility index (Phi) is 5.32. The van der Waals surface area contributed by atoms with E-state index >= 15 is 0 Å². The van der Waals surface area contributed by atoms with Gasteiger partial charge in [-0.2, -0.15) is 0 Å². The number of piperidine rings is 2. The number of hydrogen-bond acceptors (Lipinski definition) is 4. The Morgan fingerprint density at radius 3 is 2.18 bits per heavy atom. The van der Waals surface area contributed by atoms with Crippen molar-refractivity contribution in [3.63, 3.8) is 0 Å². The van der Waals surface area contributed by atoms with E-state index in [2.05, 4.69) is 46.1 Å². The highest BCUT2D eigenvalue weighted by molar-refractivity contribution is 5.38. The van der Waals surface area contributed by atoms with Crippen molar-refractivity contribution in [2.24, 2.45) is 0 Å². The Bertz CT molecular complexity index is 432. The summed E-state index contributed by atoms with van der Waals surface area (Å²) in [6.45, 7) is 9.37. The van der Waals surface area contributed by atoms with Crippen molar-refractivity contribution >= 4 is 5.82 Å². The lowest BCUT2D eigenvalue weighted by atomic mass is 9.99. The van der Waals surface area contributed by atoms with Crippen molar-refractivity contribution in [2.75, 3.05) is 31.1 Å². The average molecular weight is 302 g/mol. The summed E-state index contributed by atoms with van der Waals surface area (Å²) >= 11 is 0.